The molecule has 18 heavy (non-hydrogen) atoms. The number of methoxy groups -OCH3 is 1. The van der Waals surface area contributed by atoms with Crippen molar-refractivity contribution < 1.29 is 9.53 Å². The number of hydrogen-bond acceptors (Lipinski definition) is 3. The lowest BCUT2D eigenvalue weighted by Gasteiger charge is -2.19. The molecule has 0 bridgehead atoms. The fraction of sp³-hybridized carbons (Fsp3) is 0.500. The summed E-state index contributed by atoms with van der Waals surface area (Å²) < 4.78 is 5.33. The molecule has 4 nitrogen and oxygen atoms in total. The van der Waals surface area contributed by atoms with Crippen molar-refractivity contribution in [2.45, 2.75) is 31.4 Å². The molecule has 1 N–H and O–H groups in total. The van der Waals surface area contributed by atoms with Crippen molar-refractivity contribution in [3.8, 4) is 0 Å². The summed E-state index contributed by atoms with van der Waals surface area (Å²) in [6, 6.07) is 1.50. The topological polar surface area (TPSA) is 51.2 Å². The van der Waals surface area contributed by atoms with Gasteiger partial charge in [0.15, 0.2) is 0 Å². The Bertz CT molecular complexity index is 454. The molecule has 1 heterocycles. The molecule has 1 aromatic heterocycles. The number of rotatable bonds is 3. The Morgan fingerprint density at radius 2 is 2.28 bits per heavy atom. The van der Waals surface area contributed by atoms with Crippen molar-refractivity contribution in [1.29, 1.82) is 0 Å². The number of ether oxygens (including phenoxy) is 1. The zero-order chi connectivity index (χ0) is 13.1. The van der Waals surface area contributed by atoms with E-state index in [4.69, 9.17) is 27.9 Å². The second kappa shape index (κ2) is 5.87. The average Bonchev–Trinajstić information content (AvgIpc) is 2.79. The molecule has 0 aliphatic heterocycles. The third-order valence-electron chi connectivity index (χ3n) is 3.14. The summed E-state index contributed by atoms with van der Waals surface area (Å²) in [5.74, 6) is -0.238. The molecule has 0 radical (unpaired) electrons. The van der Waals surface area contributed by atoms with Crippen LogP contribution in [-0.4, -0.2) is 30.1 Å². The van der Waals surface area contributed by atoms with Gasteiger partial charge in [0.05, 0.1) is 22.7 Å². The van der Waals surface area contributed by atoms with Gasteiger partial charge in [0, 0.05) is 13.3 Å². The first-order valence-electron chi connectivity index (χ1n) is 5.76. The first-order valence-corrected chi connectivity index (χ1v) is 6.52. The molecule has 2 rings (SSSR count). The van der Waals surface area contributed by atoms with Crippen LogP contribution in [0, 0.1) is 0 Å². The third kappa shape index (κ3) is 2.94. The Morgan fingerprint density at radius 3 is 3.00 bits per heavy atom. The normalized spacial score (nSPS) is 23.1. The molecule has 0 aromatic carbocycles. The molecule has 1 saturated carbocycles. The van der Waals surface area contributed by atoms with E-state index >= 15 is 0 Å². The van der Waals surface area contributed by atoms with Crippen LogP contribution in [-0.2, 0) is 4.74 Å². The summed E-state index contributed by atoms with van der Waals surface area (Å²) in [6.07, 6.45) is 4.38. The minimum Gasteiger partial charge on any atom is -0.379 e. The number of amides is 1. The molecule has 1 fully saturated rings. The maximum atomic E-state index is 12.1. The standard InChI is InChI=1S/C12H14Cl2N2O2/c1-18-10-4-2-3-9(10)16-12(17)7-5-11(14)15-6-8(7)13/h5-6,9-10H,2-4H2,1H3,(H,16,17). The molecule has 0 spiro atoms. The van der Waals surface area contributed by atoms with E-state index in [1.165, 1.54) is 12.3 Å². The zero-order valence-electron chi connectivity index (χ0n) is 9.95. The van der Waals surface area contributed by atoms with Crippen LogP contribution in [0.4, 0.5) is 0 Å². The summed E-state index contributed by atoms with van der Waals surface area (Å²) in [6.45, 7) is 0. The van der Waals surface area contributed by atoms with Gasteiger partial charge in [0.25, 0.3) is 5.91 Å². The fourth-order valence-corrected chi connectivity index (χ4v) is 2.55. The summed E-state index contributed by atoms with van der Waals surface area (Å²) in [5.41, 5.74) is 0.346. The van der Waals surface area contributed by atoms with Crippen molar-refractivity contribution in [1.82, 2.24) is 10.3 Å². The van der Waals surface area contributed by atoms with Crippen LogP contribution in [0.3, 0.4) is 0 Å². The quantitative estimate of drug-likeness (QED) is 0.870. The summed E-state index contributed by atoms with van der Waals surface area (Å²) in [4.78, 5) is 15.9. The van der Waals surface area contributed by atoms with Gasteiger partial charge in [-0.15, -0.1) is 0 Å². The van der Waals surface area contributed by atoms with Crippen LogP contribution >= 0.6 is 23.2 Å². The summed E-state index contributed by atoms with van der Waals surface area (Å²) in [7, 11) is 1.66. The SMILES string of the molecule is COC1CCCC1NC(=O)c1cc(Cl)ncc1Cl. The van der Waals surface area contributed by atoms with Crippen LogP contribution in [0.25, 0.3) is 0 Å². The van der Waals surface area contributed by atoms with Gasteiger partial charge in [-0.2, -0.15) is 0 Å². The van der Waals surface area contributed by atoms with Gasteiger partial charge < -0.3 is 10.1 Å². The first-order chi connectivity index (χ1) is 8.61. The van der Waals surface area contributed by atoms with Crippen molar-refractivity contribution in [2.75, 3.05) is 7.11 Å². The van der Waals surface area contributed by atoms with Gasteiger partial charge in [0.1, 0.15) is 5.15 Å². The molecule has 1 aliphatic carbocycles. The highest BCUT2D eigenvalue weighted by molar-refractivity contribution is 6.35. The van der Waals surface area contributed by atoms with E-state index in [2.05, 4.69) is 10.3 Å². The van der Waals surface area contributed by atoms with E-state index in [0.29, 0.717) is 10.6 Å². The molecule has 98 valence electrons. The van der Waals surface area contributed by atoms with E-state index in [1.54, 1.807) is 7.11 Å². The lowest BCUT2D eigenvalue weighted by Crippen LogP contribution is -2.40. The zero-order valence-corrected chi connectivity index (χ0v) is 11.5. The third-order valence-corrected chi connectivity index (χ3v) is 3.65. The number of pyridine rings is 1. The highest BCUT2D eigenvalue weighted by Gasteiger charge is 2.29. The molecule has 2 unspecified atom stereocenters. The van der Waals surface area contributed by atoms with Crippen LogP contribution in [0.5, 0.6) is 0 Å². The van der Waals surface area contributed by atoms with Gasteiger partial charge in [-0.25, -0.2) is 4.98 Å². The fourth-order valence-electron chi connectivity index (χ4n) is 2.21. The smallest absolute Gasteiger partial charge is 0.253 e. The first kappa shape index (κ1) is 13.6. The van der Waals surface area contributed by atoms with Gasteiger partial charge >= 0.3 is 0 Å². The molecule has 1 aromatic rings. The minimum atomic E-state index is -0.238. The largest absolute Gasteiger partial charge is 0.379 e. The van der Waals surface area contributed by atoms with Gasteiger partial charge in [0.2, 0.25) is 0 Å². The number of carbonyl (C=O) groups excluding carboxylic acids is 1. The van der Waals surface area contributed by atoms with Crippen molar-refractivity contribution in [3.63, 3.8) is 0 Å². The average molecular weight is 289 g/mol. The number of hydrogen-bond donors (Lipinski definition) is 1. The monoisotopic (exact) mass is 288 g/mol. The van der Waals surface area contributed by atoms with E-state index < -0.39 is 0 Å². The lowest BCUT2D eigenvalue weighted by molar-refractivity contribution is 0.0722. The van der Waals surface area contributed by atoms with Gasteiger partial charge in [-0.3, -0.25) is 4.79 Å². The maximum absolute atomic E-state index is 12.1. The highest BCUT2D eigenvalue weighted by Crippen LogP contribution is 2.23. The number of nitrogens with zero attached hydrogens (tertiary/aromatic N) is 1. The lowest BCUT2D eigenvalue weighted by atomic mass is 10.2. The molecular weight excluding hydrogens is 275 g/mol. The predicted octanol–water partition coefficient (Wildman–Crippen LogP) is 2.69. The Labute approximate surface area is 116 Å². The number of nitrogens with one attached hydrogen (secondary N) is 1. The second-order valence-electron chi connectivity index (χ2n) is 4.27. The maximum Gasteiger partial charge on any atom is 0.253 e. The number of aromatic nitrogens is 1. The van der Waals surface area contributed by atoms with Crippen molar-refractivity contribution in [3.05, 3.63) is 28.0 Å². The summed E-state index contributed by atoms with van der Waals surface area (Å²) in [5, 5.41) is 3.47. The van der Waals surface area contributed by atoms with Gasteiger partial charge in [-0.05, 0) is 25.3 Å². The predicted molar refractivity (Wildman–Crippen MR) is 70.2 cm³/mol. The van der Waals surface area contributed by atoms with Crippen molar-refractivity contribution >= 4 is 29.1 Å². The Kier molecular flexibility index (Phi) is 4.43. The number of halogens is 2. The van der Waals surface area contributed by atoms with Gasteiger partial charge in [-0.1, -0.05) is 23.2 Å². The van der Waals surface area contributed by atoms with Crippen LogP contribution < -0.4 is 5.32 Å². The Hall–Kier alpha value is -0.840. The second-order valence-corrected chi connectivity index (χ2v) is 5.07. The Morgan fingerprint density at radius 1 is 1.50 bits per heavy atom. The Balaban J connectivity index is 2.09. The van der Waals surface area contributed by atoms with Crippen LogP contribution in [0.2, 0.25) is 10.2 Å². The van der Waals surface area contributed by atoms with E-state index in [9.17, 15) is 4.79 Å². The van der Waals surface area contributed by atoms with Crippen LogP contribution in [0.1, 0.15) is 29.6 Å². The molecule has 0 saturated heterocycles. The molecular formula is C12H14Cl2N2O2. The molecule has 1 aliphatic rings. The number of carbonyl (C=O) groups is 1. The van der Waals surface area contributed by atoms with E-state index in [1.807, 2.05) is 0 Å². The van der Waals surface area contributed by atoms with E-state index in [0.717, 1.165) is 19.3 Å². The summed E-state index contributed by atoms with van der Waals surface area (Å²) >= 11 is 11.7. The minimum absolute atomic E-state index is 0.0329. The molecule has 2 atom stereocenters. The van der Waals surface area contributed by atoms with Crippen LogP contribution in [0.15, 0.2) is 12.3 Å². The van der Waals surface area contributed by atoms with Crippen molar-refractivity contribution in [2.24, 2.45) is 0 Å². The molecule has 1 amide bonds. The van der Waals surface area contributed by atoms with E-state index in [-0.39, 0.29) is 23.2 Å². The molecule has 6 heteroatoms. The highest BCUT2D eigenvalue weighted by atomic mass is 35.5.